The second kappa shape index (κ2) is 10.8. The Morgan fingerprint density at radius 3 is 2.25 bits per heavy atom. The molecule has 1 aromatic rings. The van der Waals surface area contributed by atoms with Gasteiger partial charge in [0.2, 0.25) is 0 Å². The summed E-state index contributed by atoms with van der Waals surface area (Å²) in [4.78, 5) is 38.6. The third-order valence-electron chi connectivity index (χ3n) is 5.27. The van der Waals surface area contributed by atoms with Gasteiger partial charge in [0.1, 0.15) is 5.75 Å². The maximum Gasteiger partial charge on any atom is 0.320 e. The summed E-state index contributed by atoms with van der Waals surface area (Å²) < 4.78 is 15.6. The van der Waals surface area contributed by atoms with Crippen LogP contribution in [0.3, 0.4) is 0 Å². The number of Topliss-reactive ketones (excluding diaryl/α,β-unsaturated/α-hetero) is 1. The molecule has 6 heteroatoms. The van der Waals surface area contributed by atoms with Crippen molar-refractivity contribution in [3.05, 3.63) is 29.8 Å². The molecule has 0 saturated heterocycles. The first kappa shape index (κ1) is 21.9. The van der Waals surface area contributed by atoms with E-state index in [0.717, 1.165) is 19.3 Å². The first-order valence-corrected chi connectivity index (χ1v) is 10.0. The Labute approximate surface area is 166 Å². The number of hydrogen-bond acceptors (Lipinski definition) is 6. The summed E-state index contributed by atoms with van der Waals surface area (Å²) in [5.74, 6) is -2.61. The van der Waals surface area contributed by atoms with E-state index < -0.39 is 29.7 Å². The Morgan fingerprint density at radius 2 is 1.64 bits per heavy atom. The van der Waals surface area contributed by atoms with E-state index in [1.54, 1.807) is 45.2 Å². The Hall–Kier alpha value is -2.37. The molecule has 154 valence electrons. The van der Waals surface area contributed by atoms with Crippen LogP contribution in [-0.4, -0.2) is 38.0 Å². The Bertz CT molecular complexity index is 665. The molecule has 0 aliphatic heterocycles. The van der Waals surface area contributed by atoms with E-state index in [9.17, 15) is 14.4 Å². The van der Waals surface area contributed by atoms with Crippen molar-refractivity contribution in [2.24, 2.45) is 17.8 Å². The van der Waals surface area contributed by atoms with Gasteiger partial charge in [-0.25, -0.2) is 0 Å². The molecule has 0 aromatic heterocycles. The maximum absolute atomic E-state index is 13.3. The molecule has 28 heavy (non-hydrogen) atoms. The lowest BCUT2D eigenvalue weighted by Crippen LogP contribution is -2.40. The van der Waals surface area contributed by atoms with Gasteiger partial charge < -0.3 is 14.2 Å². The van der Waals surface area contributed by atoms with E-state index in [1.165, 1.54) is 0 Å². The molecule has 2 rings (SSSR count). The lowest BCUT2D eigenvalue weighted by Gasteiger charge is -2.29. The average molecular weight is 390 g/mol. The molecule has 1 aliphatic carbocycles. The number of ether oxygens (including phenoxy) is 3. The number of methoxy groups -OCH3 is 1. The van der Waals surface area contributed by atoms with Gasteiger partial charge in [-0.15, -0.1) is 0 Å². The summed E-state index contributed by atoms with van der Waals surface area (Å²) in [5, 5.41) is 0. The molecular formula is C22H30O6. The molecule has 6 nitrogen and oxygen atoms in total. The number of esters is 2. The van der Waals surface area contributed by atoms with Gasteiger partial charge >= 0.3 is 11.9 Å². The number of hydrogen-bond donors (Lipinski definition) is 0. The highest BCUT2D eigenvalue weighted by Gasteiger charge is 2.44. The van der Waals surface area contributed by atoms with Gasteiger partial charge in [0, 0.05) is 11.5 Å². The Kier molecular flexibility index (Phi) is 8.48. The van der Waals surface area contributed by atoms with Gasteiger partial charge in [-0.05, 0) is 44.7 Å². The van der Waals surface area contributed by atoms with Crippen LogP contribution in [0.15, 0.2) is 24.3 Å². The van der Waals surface area contributed by atoms with Crippen LogP contribution in [0.5, 0.6) is 5.75 Å². The molecule has 1 fully saturated rings. The fraction of sp³-hybridized carbons (Fsp3) is 0.591. The number of rotatable bonds is 8. The van der Waals surface area contributed by atoms with Crippen molar-refractivity contribution in [3.63, 3.8) is 0 Å². The second-order valence-corrected chi connectivity index (χ2v) is 6.99. The van der Waals surface area contributed by atoms with Crippen LogP contribution in [0.2, 0.25) is 0 Å². The van der Waals surface area contributed by atoms with Crippen LogP contribution >= 0.6 is 0 Å². The first-order valence-electron chi connectivity index (χ1n) is 10.0. The monoisotopic (exact) mass is 390 g/mol. The summed E-state index contributed by atoms with van der Waals surface area (Å²) in [6.45, 7) is 3.75. The topological polar surface area (TPSA) is 78.9 Å². The molecule has 2 unspecified atom stereocenters. The first-order chi connectivity index (χ1) is 13.5. The van der Waals surface area contributed by atoms with E-state index >= 15 is 0 Å². The standard InChI is InChI=1S/C22H30O6/c1-4-27-21(24)19(22(25)28-5-2)17-12-7-6-8-13-18(17)20(23)15-10-9-11-16(14-15)26-3/h9-11,14,17-19H,4-8,12-13H2,1-3H3. The van der Waals surface area contributed by atoms with Crippen molar-refractivity contribution in [1.29, 1.82) is 0 Å². The van der Waals surface area contributed by atoms with Crippen LogP contribution in [0.25, 0.3) is 0 Å². The molecule has 0 spiro atoms. The van der Waals surface area contributed by atoms with Crippen LogP contribution in [0, 0.1) is 17.8 Å². The lowest BCUT2D eigenvalue weighted by molar-refractivity contribution is -0.165. The molecular weight excluding hydrogens is 360 g/mol. The summed E-state index contributed by atoms with van der Waals surface area (Å²) in [5.41, 5.74) is 0.530. The van der Waals surface area contributed by atoms with E-state index in [1.807, 2.05) is 0 Å². The maximum atomic E-state index is 13.3. The predicted molar refractivity (Wildman–Crippen MR) is 104 cm³/mol. The van der Waals surface area contributed by atoms with E-state index in [-0.39, 0.29) is 19.0 Å². The third kappa shape index (κ3) is 5.33. The fourth-order valence-corrected chi connectivity index (χ4v) is 3.96. The minimum atomic E-state index is -1.07. The van der Waals surface area contributed by atoms with Gasteiger partial charge in [0.15, 0.2) is 11.7 Å². The summed E-state index contributed by atoms with van der Waals surface area (Å²) in [7, 11) is 1.55. The summed E-state index contributed by atoms with van der Waals surface area (Å²) in [6, 6.07) is 7.00. The van der Waals surface area contributed by atoms with Gasteiger partial charge in [-0.2, -0.15) is 0 Å². The van der Waals surface area contributed by atoms with E-state index in [0.29, 0.717) is 24.2 Å². The largest absolute Gasteiger partial charge is 0.497 e. The van der Waals surface area contributed by atoms with Crippen molar-refractivity contribution in [3.8, 4) is 5.75 Å². The van der Waals surface area contributed by atoms with Crippen LogP contribution in [0.1, 0.15) is 56.3 Å². The Balaban J connectivity index is 2.38. The van der Waals surface area contributed by atoms with Crippen molar-refractivity contribution in [2.75, 3.05) is 20.3 Å². The van der Waals surface area contributed by atoms with Gasteiger partial charge in [0.25, 0.3) is 0 Å². The average Bonchev–Trinajstić information content (AvgIpc) is 2.94. The van der Waals surface area contributed by atoms with Crippen molar-refractivity contribution < 1.29 is 28.6 Å². The predicted octanol–water partition coefficient (Wildman–Crippen LogP) is 3.82. The molecule has 0 N–H and O–H groups in total. The van der Waals surface area contributed by atoms with Crippen molar-refractivity contribution in [2.45, 2.75) is 46.0 Å². The SMILES string of the molecule is CCOC(=O)C(C(=O)OCC)C1CCCCCC1C(=O)c1cccc(OC)c1. The molecule has 0 amide bonds. The third-order valence-corrected chi connectivity index (χ3v) is 5.27. The number of benzene rings is 1. The highest BCUT2D eigenvalue weighted by atomic mass is 16.6. The molecule has 1 saturated carbocycles. The van der Waals surface area contributed by atoms with Crippen LogP contribution < -0.4 is 4.74 Å². The Morgan fingerprint density at radius 1 is 1.00 bits per heavy atom. The lowest BCUT2D eigenvalue weighted by atomic mass is 9.75. The fourth-order valence-electron chi connectivity index (χ4n) is 3.96. The van der Waals surface area contributed by atoms with Crippen LogP contribution in [0.4, 0.5) is 0 Å². The van der Waals surface area contributed by atoms with Gasteiger partial charge in [0.05, 0.1) is 20.3 Å². The molecule has 0 radical (unpaired) electrons. The second-order valence-electron chi connectivity index (χ2n) is 6.99. The number of carbonyl (C=O) groups excluding carboxylic acids is 3. The summed E-state index contributed by atoms with van der Waals surface area (Å²) in [6.07, 6.45) is 3.96. The zero-order valence-corrected chi connectivity index (χ0v) is 16.9. The highest BCUT2D eigenvalue weighted by molar-refractivity contribution is 6.00. The quantitative estimate of drug-likeness (QED) is 0.291. The number of ketones is 1. The normalized spacial score (nSPS) is 19.6. The summed E-state index contributed by atoms with van der Waals surface area (Å²) >= 11 is 0. The van der Waals surface area contributed by atoms with Gasteiger partial charge in [-0.1, -0.05) is 31.4 Å². The minimum absolute atomic E-state index is 0.0654. The zero-order valence-electron chi connectivity index (χ0n) is 16.9. The minimum Gasteiger partial charge on any atom is -0.497 e. The highest BCUT2D eigenvalue weighted by Crippen LogP contribution is 2.37. The van der Waals surface area contributed by atoms with Crippen molar-refractivity contribution in [1.82, 2.24) is 0 Å². The van der Waals surface area contributed by atoms with Crippen LogP contribution in [-0.2, 0) is 19.1 Å². The smallest absolute Gasteiger partial charge is 0.320 e. The molecule has 1 aromatic carbocycles. The molecule has 2 atom stereocenters. The zero-order chi connectivity index (χ0) is 20.5. The molecule has 0 heterocycles. The van der Waals surface area contributed by atoms with Crippen molar-refractivity contribution >= 4 is 17.7 Å². The van der Waals surface area contributed by atoms with E-state index in [4.69, 9.17) is 14.2 Å². The molecule has 1 aliphatic rings. The van der Waals surface area contributed by atoms with E-state index in [2.05, 4.69) is 0 Å². The number of carbonyl (C=O) groups is 3. The van der Waals surface area contributed by atoms with Gasteiger partial charge in [-0.3, -0.25) is 14.4 Å². The molecule has 0 bridgehead atoms.